The van der Waals surface area contributed by atoms with Crippen LogP contribution in [0.5, 0.6) is 0 Å². The van der Waals surface area contributed by atoms with Crippen LogP contribution in [0.25, 0.3) is 11.3 Å². The molecule has 0 spiro atoms. The molecule has 256 valence electrons. The Balaban J connectivity index is 0.000000267. The van der Waals surface area contributed by atoms with Crippen LogP contribution in [0.15, 0.2) is 77.7 Å². The van der Waals surface area contributed by atoms with Gasteiger partial charge in [-0.15, -0.1) is 0 Å². The van der Waals surface area contributed by atoms with Crippen LogP contribution in [-0.2, 0) is 19.1 Å². The molecule has 48 heavy (non-hydrogen) atoms. The van der Waals surface area contributed by atoms with E-state index in [1.54, 1.807) is 6.20 Å². The molecule has 0 aliphatic carbocycles. The predicted octanol–water partition coefficient (Wildman–Crippen LogP) is 7.31. The number of carbonyl (C=O) groups is 2. The van der Waals surface area contributed by atoms with E-state index < -0.39 is 7.12 Å². The molecule has 0 saturated carbocycles. The van der Waals surface area contributed by atoms with Gasteiger partial charge in [-0.25, -0.2) is 4.98 Å². The van der Waals surface area contributed by atoms with Gasteiger partial charge >= 0.3 is 19.1 Å². The van der Waals surface area contributed by atoms with E-state index in [4.69, 9.17) is 19.5 Å². The zero-order chi connectivity index (χ0) is 35.8. The molecule has 0 radical (unpaired) electrons. The number of benzene rings is 2. The lowest BCUT2D eigenvalue weighted by atomic mass is 9.74. The van der Waals surface area contributed by atoms with Crippen molar-refractivity contribution in [3.63, 3.8) is 0 Å². The van der Waals surface area contributed by atoms with Crippen LogP contribution in [0.4, 0.5) is 0 Å². The van der Waals surface area contributed by atoms with Crippen LogP contribution < -0.4 is 5.46 Å². The third kappa shape index (κ3) is 13.0. The maximum absolute atomic E-state index is 11.7. The number of aryl methyl sites for hydroxylation is 4. The average molecular weight is 720 g/mol. The Bertz CT molecular complexity index is 1590. The first-order chi connectivity index (χ1) is 22.8. The fourth-order valence-corrected chi connectivity index (χ4v) is 5.63. The summed E-state index contributed by atoms with van der Waals surface area (Å²) in [5.74, 6) is -0.0353. The molecule has 4 rings (SSSR count). The molecule has 2 aromatic carbocycles. The average Bonchev–Trinajstić information content (AvgIpc) is 3.02. The van der Waals surface area contributed by atoms with E-state index in [0.29, 0.717) is 31.5 Å². The van der Waals surface area contributed by atoms with Gasteiger partial charge in [0.15, 0.2) is 0 Å². The second-order valence-electron chi connectivity index (χ2n) is 11.7. The van der Waals surface area contributed by atoms with Crippen molar-refractivity contribution in [3.8, 4) is 11.3 Å². The highest BCUT2D eigenvalue weighted by molar-refractivity contribution is 9.10. The van der Waals surface area contributed by atoms with Gasteiger partial charge in [0.05, 0.1) is 31.7 Å². The van der Waals surface area contributed by atoms with Gasteiger partial charge < -0.3 is 19.5 Å². The summed E-state index contributed by atoms with van der Waals surface area (Å²) in [4.78, 5) is 31.5. The van der Waals surface area contributed by atoms with Gasteiger partial charge in [0.1, 0.15) is 4.60 Å². The molecule has 0 saturated heterocycles. The van der Waals surface area contributed by atoms with E-state index in [1.807, 2.05) is 84.1 Å². The molecule has 10 heteroatoms. The van der Waals surface area contributed by atoms with Crippen molar-refractivity contribution < 1.29 is 29.1 Å². The number of halogens is 1. The van der Waals surface area contributed by atoms with Crippen LogP contribution in [-0.4, -0.2) is 52.3 Å². The minimum absolute atomic E-state index is 0.116. The molecular weight excluding hydrogens is 671 g/mol. The lowest BCUT2D eigenvalue weighted by molar-refractivity contribution is -0.144. The highest BCUT2D eigenvalue weighted by Gasteiger charge is 2.16. The van der Waals surface area contributed by atoms with Crippen molar-refractivity contribution in [2.24, 2.45) is 0 Å². The SMILES string of the molecule is CCOC(=O)C[C@@H](C)c1ccnc(-c2c(C)cccc2C)c1.CCOC(=O)C[C@@H](C)c1ccnc(Br)c1.Cc1cccc(C)c1B(O)O. The van der Waals surface area contributed by atoms with Gasteiger partial charge in [-0.2, -0.15) is 0 Å². The van der Waals surface area contributed by atoms with Gasteiger partial charge in [-0.3, -0.25) is 14.6 Å². The Morgan fingerprint density at radius 1 is 0.729 bits per heavy atom. The van der Waals surface area contributed by atoms with Crippen molar-refractivity contribution in [1.29, 1.82) is 0 Å². The highest BCUT2D eigenvalue weighted by atomic mass is 79.9. The van der Waals surface area contributed by atoms with Crippen molar-refractivity contribution in [1.82, 2.24) is 9.97 Å². The molecule has 8 nitrogen and oxygen atoms in total. The molecule has 0 amide bonds. The molecule has 2 N–H and O–H groups in total. The number of pyridine rings is 2. The van der Waals surface area contributed by atoms with Gasteiger partial charge in [-0.1, -0.05) is 61.4 Å². The fourth-order valence-electron chi connectivity index (χ4n) is 5.24. The van der Waals surface area contributed by atoms with Crippen LogP contribution >= 0.6 is 15.9 Å². The lowest BCUT2D eigenvalue weighted by Gasteiger charge is -2.14. The van der Waals surface area contributed by atoms with E-state index >= 15 is 0 Å². The summed E-state index contributed by atoms with van der Waals surface area (Å²) in [6.45, 7) is 16.5. The van der Waals surface area contributed by atoms with Crippen molar-refractivity contribution in [2.75, 3.05) is 13.2 Å². The second-order valence-corrected chi connectivity index (χ2v) is 12.5. The van der Waals surface area contributed by atoms with E-state index in [1.165, 1.54) is 16.7 Å². The summed E-state index contributed by atoms with van der Waals surface area (Å²) in [6.07, 6.45) is 4.34. The summed E-state index contributed by atoms with van der Waals surface area (Å²) in [6, 6.07) is 19.8. The Labute approximate surface area is 294 Å². The van der Waals surface area contributed by atoms with E-state index in [-0.39, 0.29) is 23.8 Å². The summed E-state index contributed by atoms with van der Waals surface area (Å²) in [7, 11) is -1.35. The van der Waals surface area contributed by atoms with E-state index in [2.05, 4.69) is 64.0 Å². The number of nitrogens with zero attached hydrogens (tertiary/aromatic N) is 2. The van der Waals surface area contributed by atoms with Crippen molar-refractivity contribution in [3.05, 3.63) is 111 Å². The molecule has 0 fully saturated rings. The summed E-state index contributed by atoms with van der Waals surface area (Å²) < 4.78 is 10.7. The van der Waals surface area contributed by atoms with Crippen molar-refractivity contribution in [2.45, 2.75) is 80.1 Å². The van der Waals surface area contributed by atoms with E-state index in [0.717, 1.165) is 32.6 Å². The van der Waals surface area contributed by atoms with Crippen LogP contribution in [0.2, 0.25) is 0 Å². The van der Waals surface area contributed by atoms with Crippen LogP contribution in [0.3, 0.4) is 0 Å². The number of esters is 2. The Morgan fingerprint density at radius 2 is 1.17 bits per heavy atom. The Hall–Kier alpha value is -3.86. The van der Waals surface area contributed by atoms with Gasteiger partial charge in [0.25, 0.3) is 0 Å². The smallest absolute Gasteiger partial charge is 0.466 e. The minimum atomic E-state index is -1.35. The number of aromatic nitrogens is 2. The molecule has 0 aliphatic heterocycles. The minimum Gasteiger partial charge on any atom is -0.466 e. The quantitative estimate of drug-likeness (QED) is 0.0996. The maximum atomic E-state index is 11.7. The number of hydrogen-bond acceptors (Lipinski definition) is 8. The molecule has 0 aliphatic rings. The molecule has 0 bridgehead atoms. The molecule has 0 unspecified atom stereocenters. The molecule has 2 heterocycles. The molecular formula is C38H48BBrN2O6. The van der Waals surface area contributed by atoms with Gasteiger partial charge in [0, 0.05) is 18.0 Å². The molecule has 2 aromatic heterocycles. The van der Waals surface area contributed by atoms with Crippen LogP contribution in [0.1, 0.15) is 85.8 Å². The predicted molar refractivity (Wildman–Crippen MR) is 196 cm³/mol. The third-order valence-corrected chi connectivity index (χ3v) is 8.20. The zero-order valence-corrected chi connectivity index (χ0v) is 30.9. The Kier molecular flexibility index (Phi) is 17.2. The zero-order valence-electron chi connectivity index (χ0n) is 29.3. The summed E-state index contributed by atoms with van der Waals surface area (Å²) in [5.41, 5.74) is 9.21. The number of carbonyl (C=O) groups excluding carboxylic acids is 2. The first-order valence-electron chi connectivity index (χ1n) is 16.2. The van der Waals surface area contributed by atoms with Gasteiger partial charge in [0.2, 0.25) is 0 Å². The topological polar surface area (TPSA) is 119 Å². The lowest BCUT2D eigenvalue weighted by Crippen LogP contribution is -2.34. The van der Waals surface area contributed by atoms with Crippen molar-refractivity contribution >= 4 is 40.4 Å². The number of ether oxygens (including phenoxy) is 2. The normalized spacial score (nSPS) is 11.6. The van der Waals surface area contributed by atoms with Gasteiger partial charge in [-0.05, 0) is 121 Å². The van der Waals surface area contributed by atoms with E-state index in [9.17, 15) is 9.59 Å². The highest BCUT2D eigenvalue weighted by Crippen LogP contribution is 2.29. The first-order valence-corrected chi connectivity index (χ1v) is 17.0. The number of rotatable bonds is 10. The third-order valence-electron chi connectivity index (χ3n) is 7.77. The monoisotopic (exact) mass is 718 g/mol. The Morgan fingerprint density at radius 3 is 1.58 bits per heavy atom. The largest absolute Gasteiger partial charge is 0.488 e. The first kappa shape index (κ1) is 40.3. The second kappa shape index (κ2) is 20.5. The molecule has 4 aromatic rings. The molecule has 2 atom stereocenters. The summed E-state index contributed by atoms with van der Waals surface area (Å²) in [5, 5.41) is 17.9. The standard InChI is InChI=1S/C19H23NO2.C11H14BrNO2.C8H11BO2/c1-5-22-18(21)11-15(4)16-9-10-20-17(12-16)19-13(2)7-6-8-14(19)3;1-3-15-11(14)6-8(2)9-4-5-13-10(12)7-9;1-6-4-3-5-7(2)8(6)9(10)11/h6-10,12,15H,5,11H2,1-4H3;4-5,7-8H,3,6H2,1-2H3;3-5,10-11H,1-2H3/t15-;8-;/m11./s1. The van der Waals surface area contributed by atoms with Crippen LogP contribution in [0, 0.1) is 27.7 Å². The maximum Gasteiger partial charge on any atom is 0.488 e. The number of hydrogen-bond donors (Lipinski definition) is 2. The fraction of sp³-hybridized carbons (Fsp3) is 0.368. The summed E-state index contributed by atoms with van der Waals surface area (Å²) >= 11 is 3.30.